The maximum absolute atomic E-state index is 12.6. The van der Waals surface area contributed by atoms with Gasteiger partial charge in [0.2, 0.25) is 5.91 Å². The number of piperazine rings is 1. The van der Waals surface area contributed by atoms with Gasteiger partial charge in [-0.15, -0.1) is 0 Å². The molecule has 106 valence electrons. The highest BCUT2D eigenvalue weighted by Crippen LogP contribution is 2.33. The van der Waals surface area contributed by atoms with Crippen LogP contribution < -0.4 is 4.90 Å². The molecule has 2 heterocycles. The third-order valence-corrected chi connectivity index (χ3v) is 4.72. The lowest BCUT2D eigenvalue weighted by Gasteiger charge is -2.40. The lowest BCUT2D eigenvalue weighted by Crippen LogP contribution is -2.62. The summed E-state index contributed by atoms with van der Waals surface area (Å²) in [5.41, 5.74) is 0.622. The molecule has 2 unspecified atom stereocenters. The minimum absolute atomic E-state index is 0.00169. The third kappa shape index (κ3) is 1.98. The zero-order valence-corrected chi connectivity index (χ0v) is 12.5. The van der Waals surface area contributed by atoms with E-state index in [9.17, 15) is 9.59 Å². The van der Waals surface area contributed by atoms with Crippen molar-refractivity contribution in [1.82, 2.24) is 4.90 Å². The third-order valence-electron chi connectivity index (χ3n) is 3.98. The standard InChI is InChI=1S/C14H14Cl2N2O2/c1-8-13(19)17-6-2-3-12(17)14(20)18(8)9-4-5-10(15)11(16)7-9/h4-5,7-8,12H,2-3,6H2,1H3. The Labute approximate surface area is 127 Å². The van der Waals surface area contributed by atoms with E-state index in [4.69, 9.17) is 23.2 Å². The number of fused-ring (bicyclic) bond motifs is 1. The SMILES string of the molecule is CC1C(=O)N2CCCC2C(=O)N1c1ccc(Cl)c(Cl)c1. The normalized spacial score (nSPS) is 26.1. The summed E-state index contributed by atoms with van der Waals surface area (Å²) in [4.78, 5) is 28.2. The largest absolute Gasteiger partial charge is 0.329 e. The van der Waals surface area contributed by atoms with E-state index in [1.807, 2.05) is 0 Å². The molecule has 2 saturated heterocycles. The van der Waals surface area contributed by atoms with E-state index in [0.717, 1.165) is 12.8 Å². The van der Waals surface area contributed by atoms with Crippen molar-refractivity contribution < 1.29 is 9.59 Å². The molecule has 3 rings (SSSR count). The maximum Gasteiger partial charge on any atom is 0.250 e. The number of hydrogen-bond acceptors (Lipinski definition) is 2. The molecule has 1 aromatic rings. The molecule has 2 atom stereocenters. The van der Waals surface area contributed by atoms with Gasteiger partial charge in [0.05, 0.1) is 10.0 Å². The number of benzene rings is 1. The highest BCUT2D eigenvalue weighted by atomic mass is 35.5. The van der Waals surface area contributed by atoms with Gasteiger partial charge in [0, 0.05) is 12.2 Å². The smallest absolute Gasteiger partial charge is 0.250 e. The van der Waals surface area contributed by atoms with Gasteiger partial charge in [-0.3, -0.25) is 14.5 Å². The van der Waals surface area contributed by atoms with Gasteiger partial charge in [0.1, 0.15) is 12.1 Å². The summed E-state index contributed by atoms with van der Waals surface area (Å²) in [5.74, 6) is -0.0360. The van der Waals surface area contributed by atoms with Crippen LogP contribution in [-0.4, -0.2) is 35.3 Å². The summed E-state index contributed by atoms with van der Waals surface area (Å²) in [6, 6.07) is 4.17. The Morgan fingerprint density at radius 1 is 1.15 bits per heavy atom. The topological polar surface area (TPSA) is 40.6 Å². The molecule has 2 fully saturated rings. The van der Waals surface area contributed by atoms with E-state index in [1.54, 1.807) is 30.0 Å². The summed E-state index contributed by atoms with van der Waals surface area (Å²) in [6.45, 7) is 2.42. The minimum Gasteiger partial charge on any atom is -0.329 e. The number of amides is 2. The predicted octanol–water partition coefficient (Wildman–Crippen LogP) is 2.72. The number of nitrogens with zero attached hydrogens (tertiary/aromatic N) is 2. The van der Waals surface area contributed by atoms with Gasteiger partial charge < -0.3 is 4.90 Å². The second-order valence-corrected chi connectivity index (χ2v) is 5.99. The van der Waals surface area contributed by atoms with Crippen molar-refractivity contribution in [3.05, 3.63) is 28.2 Å². The fraction of sp³-hybridized carbons (Fsp3) is 0.429. The van der Waals surface area contributed by atoms with E-state index in [0.29, 0.717) is 22.3 Å². The van der Waals surface area contributed by atoms with Gasteiger partial charge in [-0.25, -0.2) is 0 Å². The minimum atomic E-state index is -0.505. The van der Waals surface area contributed by atoms with Crippen LogP contribution in [0.5, 0.6) is 0 Å². The quantitative estimate of drug-likeness (QED) is 0.800. The van der Waals surface area contributed by atoms with Crippen molar-refractivity contribution in [3.8, 4) is 0 Å². The van der Waals surface area contributed by atoms with E-state index in [-0.39, 0.29) is 17.9 Å². The fourth-order valence-corrected chi connectivity index (χ4v) is 3.27. The second-order valence-electron chi connectivity index (χ2n) is 5.17. The van der Waals surface area contributed by atoms with Crippen LogP contribution in [0.1, 0.15) is 19.8 Å². The van der Waals surface area contributed by atoms with E-state index < -0.39 is 6.04 Å². The molecule has 1 aromatic carbocycles. The molecule has 0 spiro atoms. The summed E-state index contributed by atoms with van der Waals surface area (Å²) >= 11 is 11.9. The first-order valence-corrected chi connectivity index (χ1v) is 7.35. The van der Waals surface area contributed by atoms with E-state index >= 15 is 0 Å². The van der Waals surface area contributed by atoms with Crippen LogP contribution in [0.25, 0.3) is 0 Å². The first-order valence-electron chi connectivity index (χ1n) is 6.59. The van der Waals surface area contributed by atoms with E-state index in [1.165, 1.54) is 4.90 Å². The van der Waals surface area contributed by atoms with Crippen LogP contribution >= 0.6 is 23.2 Å². The van der Waals surface area contributed by atoms with Crippen LogP contribution in [0.2, 0.25) is 10.0 Å². The molecule has 0 radical (unpaired) electrons. The molecule has 2 aliphatic rings. The Kier molecular flexibility index (Phi) is 3.38. The van der Waals surface area contributed by atoms with Crippen molar-refractivity contribution in [2.75, 3.05) is 11.4 Å². The lowest BCUT2D eigenvalue weighted by atomic mass is 10.1. The summed E-state index contributed by atoms with van der Waals surface area (Å²) in [7, 11) is 0. The Morgan fingerprint density at radius 2 is 1.90 bits per heavy atom. The number of anilines is 1. The van der Waals surface area contributed by atoms with Crippen molar-refractivity contribution in [2.24, 2.45) is 0 Å². The molecule has 6 heteroatoms. The monoisotopic (exact) mass is 312 g/mol. The van der Waals surface area contributed by atoms with Crippen molar-refractivity contribution in [2.45, 2.75) is 31.8 Å². The highest BCUT2D eigenvalue weighted by Gasteiger charge is 2.46. The molecular formula is C14H14Cl2N2O2. The number of carbonyl (C=O) groups is 2. The van der Waals surface area contributed by atoms with Crippen LogP contribution in [0, 0.1) is 0 Å². The highest BCUT2D eigenvalue weighted by molar-refractivity contribution is 6.42. The summed E-state index contributed by atoms with van der Waals surface area (Å²) in [6.07, 6.45) is 1.61. The zero-order chi connectivity index (χ0) is 14.4. The van der Waals surface area contributed by atoms with Gasteiger partial charge >= 0.3 is 0 Å². The van der Waals surface area contributed by atoms with Crippen LogP contribution in [0.3, 0.4) is 0 Å². The van der Waals surface area contributed by atoms with Crippen molar-refractivity contribution in [1.29, 1.82) is 0 Å². The lowest BCUT2D eigenvalue weighted by molar-refractivity contribution is -0.143. The van der Waals surface area contributed by atoms with Crippen LogP contribution in [0.15, 0.2) is 18.2 Å². The number of carbonyl (C=O) groups excluding carboxylic acids is 2. The first kappa shape index (κ1) is 13.7. The Morgan fingerprint density at radius 3 is 2.60 bits per heavy atom. The van der Waals surface area contributed by atoms with Crippen molar-refractivity contribution >= 4 is 40.7 Å². The molecule has 0 saturated carbocycles. The number of halogens is 2. The number of rotatable bonds is 1. The second kappa shape index (κ2) is 4.93. The molecular weight excluding hydrogens is 299 g/mol. The van der Waals surface area contributed by atoms with Crippen LogP contribution in [0.4, 0.5) is 5.69 Å². The molecule has 2 amide bonds. The zero-order valence-electron chi connectivity index (χ0n) is 11.0. The Balaban J connectivity index is 2.01. The summed E-state index contributed by atoms with van der Waals surface area (Å²) < 4.78 is 0. The molecule has 20 heavy (non-hydrogen) atoms. The van der Waals surface area contributed by atoms with Gasteiger partial charge in [-0.05, 0) is 38.0 Å². The first-order chi connectivity index (χ1) is 9.50. The van der Waals surface area contributed by atoms with Gasteiger partial charge in [-0.1, -0.05) is 23.2 Å². The predicted molar refractivity (Wildman–Crippen MR) is 78.1 cm³/mol. The molecule has 4 nitrogen and oxygen atoms in total. The number of hydrogen-bond donors (Lipinski definition) is 0. The molecule has 0 N–H and O–H groups in total. The average Bonchev–Trinajstić information content (AvgIpc) is 2.90. The van der Waals surface area contributed by atoms with Gasteiger partial charge in [0.25, 0.3) is 5.91 Å². The van der Waals surface area contributed by atoms with Gasteiger partial charge in [0.15, 0.2) is 0 Å². The maximum atomic E-state index is 12.6. The summed E-state index contributed by atoms with van der Waals surface area (Å²) in [5, 5.41) is 0.812. The average molecular weight is 313 g/mol. The Bertz CT molecular complexity index is 591. The molecule has 0 aromatic heterocycles. The van der Waals surface area contributed by atoms with Crippen LogP contribution in [-0.2, 0) is 9.59 Å². The molecule has 0 bridgehead atoms. The van der Waals surface area contributed by atoms with Gasteiger partial charge in [-0.2, -0.15) is 0 Å². The fourth-order valence-electron chi connectivity index (χ4n) is 2.97. The van der Waals surface area contributed by atoms with Crippen molar-refractivity contribution in [3.63, 3.8) is 0 Å². The van der Waals surface area contributed by atoms with E-state index in [2.05, 4.69) is 0 Å². The molecule has 0 aliphatic carbocycles. The molecule has 2 aliphatic heterocycles. The Hall–Kier alpha value is -1.26.